The Balaban J connectivity index is 0.00000112. The Morgan fingerprint density at radius 1 is 1.33 bits per heavy atom. The van der Waals surface area contributed by atoms with Gasteiger partial charge in [-0.1, -0.05) is 19.9 Å². The van der Waals surface area contributed by atoms with Gasteiger partial charge < -0.3 is 5.32 Å². The first-order valence-corrected chi connectivity index (χ1v) is 5.36. The minimum atomic E-state index is 0. The van der Waals surface area contributed by atoms with E-state index in [2.05, 4.69) is 45.9 Å². The molecule has 0 aliphatic carbocycles. The Kier molecular flexibility index (Phi) is 3.21. The molecule has 1 unspecified atom stereocenters. The topological polar surface area (TPSA) is 12.0 Å². The molecule has 0 aromatic carbocycles. The molecule has 0 saturated carbocycles. The van der Waals surface area contributed by atoms with Crippen LogP contribution in [-0.4, -0.2) is 11.6 Å². The van der Waals surface area contributed by atoms with Crippen molar-refractivity contribution in [2.45, 2.75) is 52.6 Å². The van der Waals surface area contributed by atoms with E-state index in [9.17, 15) is 0 Å². The van der Waals surface area contributed by atoms with E-state index in [4.69, 9.17) is 6.42 Å². The van der Waals surface area contributed by atoms with Gasteiger partial charge in [0.05, 0.1) is 0 Å². The Labute approximate surface area is 118 Å². The molecule has 2 heterocycles. The van der Waals surface area contributed by atoms with Crippen molar-refractivity contribution >= 4 is 0 Å². The fraction of sp³-hybridized carbons (Fsp3) is 0.769. The van der Waals surface area contributed by atoms with Crippen molar-refractivity contribution in [2.24, 2.45) is 10.8 Å². The minimum absolute atomic E-state index is 0. The third-order valence-corrected chi connectivity index (χ3v) is 4.95. The van der Waals surface area contributed by atoms with E-state index < -0.39 is 0 Å². The number of hydrogen-bond acceptors (Lipinski definition) is 1. The molecule has 2 bridgehead atoms. The maximum Gasteiger partial charge on any atom is 0.0180 e. The van der Waals surface area contributed by atoms with Crippen LogP contribution in [0.15, 0.2) is 0 Å². The smallest absolute Gasteiger partial charge is 0.0180 e. The Bertz CT molecular complexity index is 317. The minimum Gasteiger partial charge on any atom is -0.338 e. The second-order valence-corrected chi connectivity index (χ2v) is 5.96. The van der Waals surface area contributed by atoms with Crippen LogP contribution >= 0.6 is 0 Å². The van der Waals surface area contributed by atoms with Crippen LogP contribution in [0.5, 0.6) is 0 Å². The van der Waals surface area contributed by atoms with Gasteiger partial charge in [-0.3, -0.25) is 5.92 Å². The second-order valence-electron chi connectivity index (χ2n) is 5.96. The summed E-state index contributed by atoms with van der Waals surface area (Å²) in [5.41, 5.74) is 0.477. The molecule has 2 heteroatoms. The van der Waals surface area contributed by atoms with Crippen molar-refractivity contribution in [2.75, 3.05) is 0 Å². The summed E-state index contributed by atoms with van der Waals surface area (Å²) >= 11 is 0. The zero-order valence-corrected chi connectivity index (χ0v) is 14.5. The summed E-state index contributed by atoms with van der Waals surface area (Å²) in [6, 6.07) is 0.410. The predicted molar refractivity (Wildman–Crippen MR) is 59.6 cm³/mol. The zero-order chi connectivity index (χ0) is 10.8. The van der Waals surface area contributed by atoms with Gasteiger partial charge in [0.1, 0.15) is 0 Å². The van der Waals surface area contributed by atoms with Crippen LogP contribution in [0.2, 0.25) is 0 Å². The van der Waals surface area contributed by atoms with Crippen LogP contribution < -0.4 is 5.32 Å². The summed E-state index contributed by atoms with van der Waals surface area (Å²) in [6.07, 6.45) is 6.75. The average molecular weight is 428 g/mol. The molecule has 0 amide bonds. The maximum atomic E-state index is 5.66. The van der Waals surface area contributed by atoms with Crippen LogP contribution in [0, 0.1) is 60.2 Å². The van der Waals surface area contributed by atoms with Crippen molar-refractivity contribution in [3.8, 4) is 12.3 Å². The van der Waals surface area contributed by atoms with Gasteiger partial charge in [0, 0.05) is 36.5 Å². The van der Waals surface area contributed by atoms with E-state index >= 15 is 0 Å². The summed E-state index contributed by atoms with van der Waals surface area (Å²) in [5.74, 6) is 4.50. The third-order valence-electron chi connectivity index (χ3n) is 4.95. The first-order valence-electron chi connectivity index (χ1n) is 5.36. The van der Waals surface area contributed by atoms with Crippen LogP contribution in [-0.2, 0) is 0 Å². The van der Waals surface area contributed by atoms with E-state index in [-0.39, 0.29) is 47.5 Å². The monoisotopic (exact) mass is 428 g/mol. The van der Waals surface area contributed by atoms with Gasteiger partial charge in [-0.15, -0.1) is 17.8 Å². The SMILES string of the molecule is C#CC1(C)C[C@]2(C)N[C@@H]1[C-](C)C2(C)C.[U]. The molecule has 0 aromatic heterocycles. The largest absolute Gasteiger partial charge is 0.338 e. The zero-order valence-electron chi connectivity index (χ0n) is 10.4. The molecular weight excluding hydrogens is 408 g/mol. The molecule has 2 aliphatic heterocycles. The van der Waals surface area contributed by atoms with Crippen molar-refractivity contribution in [1.82, 2.24) is 5.32 Å². The molecule has 82 valence electrons. The van der Waals surface area contributed by atoms with Gasteiger partial charge in [-0.25, -0.2) is 0 Å². The number of terminal acetylenes is 1. The first-order chi connectivity index (χ1) is 6.27. The van der Waals surface area contributed by atoms with Crippen molar-refractivity contribution in [3.63, 3.8) is 0 Å². The quantitative estimate of drug-likeness (QED) is 0.462. The molecule has 0 radical (unpaired) electrons. The van der Waals surface area contributed by atoms with Crippen LogP contribution in [0.3, 0.4) is 0 Å². The molecular formula is C13H20NU-. The van der Waals surface area contributed by atoms with Crippen LogP contribution in [0.4, 0.5) is 0 Å². The molecule has 2 saturated heterocycles. The molecule has 1 N–H and O–H groups in total. The molecule has 0 aromatic rings. The van der Waals surface area contributed by atoms with Crippen LogP contribution in [0.1, 0.15) is 41.0 Å². The summed E-state index contributed by atoms with van der Waals surface area (Å²) < 4.78 is 0. The van der Waals surface area contributed by atoms with E-state index in [1.807, 2.05) is 0 Å². The Hall–Kier alpha value is 0.572. The Morgan fingerprint density at radius 2 is 1.87 bits per heavy atom. The number of fused-ring (bicyclic) bond motifs is 2. The summed E-state index contributed by atoms with van der Waals surface area (Å²) in [7, 11) is 0. The summed E-state index contributed by atoms with van der Waals surface area (Å²) in [5, 5.41) is 3.71. The average Bonchev–Trinajstić information content (AvgIpc) is 2.46. The van der Waals surface area contributed by atoms with Crippen molar-refractivity contribution in [3.05, 3.63) is 5.92 Å². The standard InChI is InChI=1S/C13H20N.U/c1-7-12(5)8-13(6)11(3,4)9(2)10(12)14-13;/h1,10,14H,8H2,2-6H3;/q-1;/t10-,12?,13+;/m1./s1. The molecule has 2 rings (SSSR count). The second kappa shape index (κ2) is 3.53. The molecule has 0 spiro atoms. The summed E-state index contributed by atoms with van der Waals surface area (Å²) in [6.45, 7) is 11.4. The van der Waals surface area contributed by atoms with E-state index in [1.54, 1.807) is 0 Å². The third kappa shape index (κ3) is 1.47. The summed E-state index contributed by atoms with van der Waals surface area (Å²) in [4.78, 5) is 0. The Morgan fingerprint density at radius 3 is 2.20 bits per heavy atom. The number of nitrogens with one attached hydrogen (secondary N) is 1. The van der Waals surface area contributed by atoms with Gasteiger partial charge in [0.25, 0.3) is 0 Å². The molecule has 15 heavy (non-hydrogen) atoms. The molecule has 2 aliphatic rings. The van der Waals surface area contributed by atoms with E-state index in [0.717, 1.165) is 6.42 Å². The fourth-order valence-electron chi connectivity index (χ4n) is 3.28. The van der Waals surface area contributed by atoms with Gasteiger partial charge in [-0.2, -0.15) is 6.92 Å². The molecule has 2 fully saturated rings. The predicted octanol–water partition coefficient (Wildman–Crippen LogP) is 2.38. The normalized spacial score (nSPS) is 47.3. The molecule has 1 nitrogen and oxygen atoms in total. The maximum absolute atomic E-state index is 5.66. The molecule has 3 atom stereocenters. The van der Waals surface area contributed by atoms with E-state index in [1.165, 1.54) is 5.92 Å². The van der Waals surface area contributed by atoms with Crippen molar-refractivity contribution < 1.29 is 31.1 Å². The van der Waals surface area contributed by atoms with Crippen LogP contribution in [0.25, 0.3) is 0 Å². The fourth-order valence-corrected chi connectivity index (χ4v) is 3.28. The first kappa shape index (κ1) is 13.6. The van der Waals surface area contributed by atoms with E-state index in [0.29, 0.717) is 6.04 Å². The van der Waals surface area contributed by atoms with Gasteiger partial charge in [-0.05, 0) is 25.8 Å². The van der Waals surface area contributed by atoms with Gasteiger partial charge in [0.2, 0.25) is 0 Å². The van der Waals surface area contributed by atoms with Crippen molar-refractivity contribution in [1.29, 1.82) is 0 Å². The number of rotatable bonds is 0. The van der Waals surface area contributed by atoms with Gasteiger partial charge in [0.15, 0.2) is 0 Å². The number of hydrogen-bond donors (Lipinski definition) is 1. The van der Waals surface area contributed by atoms with Gasteiger partial charge >= 0.3 is 0 Å².